The van der Waals surface area contributed by atoms with Gasteiger partial charge in [0.2, 0.25) is 0 Å². The summed E-state index contributed by atoms with van der Waals surface area (Å²) in [5.41, 5.74) is 5.17. The van der Waals surface area contributed by atoms with Crippen molar-refractivity contribution >= 4 is 16.9 Å². The van der Waals surface area contributed by atoms with E-state index in [9.17, 15) is 0 Å². The second kappa shape index (κ2) is 7.39. The maximum absolute atomic E-state index is 6.98. The summed E-state index contributed by atoms with van der Waals surface area (Å²) in [6, 6.07) is 0. The molecule has 0 saturated heterocycles. The van der Waals surface area contributed by atoms with E-state index in [2.05, 4.69) is 0 Å². The molecule has 0 saturated carbocycles. The van der Waals surface area contributed by atoms with Gasteiger partial charge in [0.25, 0.3) is 0 Å². The highest BCUT2D eigenvalue weighted by atomic mass is 32.2. The van der Waals surface area contributed by atoms with Crippen molar-refractivity contribution in [2.75, 3.05) is 19.0 Å². The van der Waals surface area contributed by atoms with E-state index in [1.807, 2.05) is 13.8 Å². The highest BCUT2D eigenvalue weighted by Crippen LogP contribution is 2.06. The molecule has 0 aromatic heterocycles. The number of amidine groups is 1. The fourth-order valence-electron chi connectivity index (χ4n) is 0.674. The molecule has 3 N–H and O–H groups in total. The number of thioether (sulfide) groups is 1. The van der Waals surface area contributed by atoms with E-state index >= 15 is 0 Å². The van der Waals surface area contributed by atoms with Gasteiger partial charge in [0.05, 0.1) is 5.75 Å². The van der Waals surface area contributed by atoms with Crippen molar-refractivity contribution in [2.24, 2.45) is 5.73 Å². The SMILES string of the molecule is CCOC(CSC(=N)N)OCC. The quantitative estimate of drug-likeness (QED) is 0.374. The molecule has 0 amide bonds. The van der Waals surface area contributed by atoms with Crippen molar-refractivity contribution in [1.82, 2.24) is 0 Å². The molecule has 72 valence electrons. The van der Waals surface area contributed by atoms with E-state index < -0.39 is 0 Å². The third-order valence-electron chi connectivity index (χ3n) is 1.08. The molecule has 0 aliphatic heterocycles. The normalized spacial score (nSPS) is 10.6. The van der Waals surface area contributed by atoms with Crippen LogP contribution in [-0.4, -0.2) is 30.4 Å². The van der Waals surface area contributed by atoms with Crippen LogP contribution in [0.2, 0.25) is 0 Å². The van der Waals surface area contributed by atoms with Crippen LogP contribution in [0.25, 0.3) is 0 Å². The Morgan fingerprint density at radius 3 is 2.25 bits per heavy atom. The Hall–Kier alpha value is -0.260. The number of hydrogen-bond donors (Lipinski definition) is 2. The molecule has 4 nitrogen and oxygen atoms in total. The van der Waals surface area contributed by atoms with Crippen molar-refractivity contribution in [3.8, 4) is 0 Å². The molecular formula is C7H16N2O2S. The molecule has 0 radical (unpaired) electrons. The molecule has 0 bridgehead atoms. The first-order valence-electron chi connectivity index (χ1n) is 3.90. The van der Waals surface area contributed by atoms with Crippen molar-refractivity contribution in [2.45, 2.75) is 20.1 Å². The van der Waals surface area contributed by atoms with Crippen LogP contribution in [-0.2, 0) is 9.47 Å². The zero-order valence-corrected chi connectivity index (χ0v) is 8.32. The van der Waals surface area contributed by atoms with Crippen LogP contribution in [0.5, 0.6) is 0 Å². The van der Waals surface area contributed by atoms with Crippen LogP contribution in [0.3, 0.4) is 0 Å². The van der Waals surface area contributed by atoms with Crippen molar-refractivity contribution < 1.29 is 9.47 Å². The van der Waals surface area contributed by atoms with Gasteiger partial charge in [0, 0.05) is 13.2 Å². The third kappa shape index (κ3) is 6.45. The van der Waals surface area contributed by atoms with Gasteiger partial charge in [-0.3, -0.25) is 5.41 Å². The first-order chi connectivity index (χ1) is 5.70. The summed E-state index contributed by atoms with van der Waals surface area (Å²) < 4.78 is 10.5. The summed E-state index contributed by atoms with van der Waals surface area (Å²) in [6.07, 6.45) is -0.242. The van der Waals surface area contributed by atoms with Gasteiger partial charge in [-0.15, -0.1) is 0 Å². The first kappa shape index (κ1) is 11.7. The molecule has 5 heteroatoms. The Kier molecular flexibility index (Phi) is 7.23. The zero-order valence-electron chi connectivity index (χ0n) is 7.50. The Morgan fingerprint density at radius 2 is 1.92 bits per heavy atom. The monoisotopic (exact) mass is 192 g/mol. The van der Waals surface area contributed by atoms with Crippen LogP contribution in [0.4, 0.5) is 0 Å². The number of nitrogens with two attached hydrogens (primary N) is 1. The Labute approximate surface area is 77.3 Å². The highest BCUT2D eigenvalue weighted by molar-refractivity contribution is 8.13. The maximum Gasteiger partial charge on any atom is 0.166 e. The molecule has 0 unspecified atom stereocenters. The summed E-state index contributed by atoms with van der Waals surface area (Å²) in [5, 5.41) is 7.08. The molecule has 0 atom stereocenters. The molecule has 0 aromatic carbocycles. The van der Waals surface area contributed by atoms with Crippen molar-refractivity contribution in [1.29, 1.82) is 5.41 Å². The molecule has 0 aliphatic carbocycles. The largest absolute Gasteiger partial charge is 0.379 e. The minimum Gasteiger partial charge on any atom is -0.379 e. The standard InChI is InChI=1S/C7H16N2O2S/c1-3-10-6(11-4-2)5-12-7(8)9/h6H,3-5H2,1-2H3,(H3,8,9). The number of rotatable bonds is 6. The molecule has 0 aliphatic rings. The topological polar surface area (TPSA) is 68.3 Å². The van der Waals surface area contributed by atoms with E-state index in [1.54, 1.807) is 0 Å². The van der Waals surface area contributed by atoms with Crippen LogP contribution >= 0.6 is 11.8 Å². The van der Waals surface area contributed by atoms with Crippen LogP contribution < -0.4 is 5.73 Å². The summed E-state index contributed by atoms with van der Waals surface area (Å²) >= 11 is 1.23. The number of hydrogen-bond acceptors (Lipinski definition) is 4. The fourth-order valence-corrected chi connectivity index (χ4v) is 1.18. The van der Waals surface area contributed by atoms with E-state index in [0.29, 0.717) is 19.0 Å². The second-order valence-corrected chi connectivity index (χ2v) is 3.08. The van der Waals surface area contributed by atoms with E-state index in [0.717, 1.165) is 0 Å². The molecule has 12 heavy (non-hydrogen) atoms. The van der Waals surface area contributed by atoms with E-state index in [4.69, 9.17) is 20.6 Å². The summed E-state index contributed by atoms with van der Waals surface area (Å²) in [7, 11) is 0. The maximum atomic E-state index is 6.98. The van der Waals surface area contributed by atoms with Gasteiger partial charge in [-0.25, -0.2) is 0 Å². The molecular weight excluding hydrogens is 176 g/mol. The van der Waals surface area contributed by atoms with Gasteiger partial charge < -0.3 is 15.2 Å². The van der Waals surface area contributed by atoms with E-state index in [-0.39, 0.29) is 11.5 Å². The summed E-state index contributed by atoms with van der Waals surface area (Å²) in [4.78, 5) is 0. The lowest BCUT2D eigenvalue weighted by Crippen LogP contribution is -2.22. The fraction of sp³-hybridized carbons (Fsp3) is 0.857. The van der Waals surface area contributed by atoms with Crippen molar-refractivity contribution in [3.05, 3.63) is 0 Å². The highest BCUT2D eigenvalue weighted by Gasteiger charge is 2.07. The number of nitrogens with one attached hydrogen (secondary N) is 1. The predicted octanol–water partition coefficient (Wildman–Crippen LogP) is 1.01. The number of ether oxygens (including phenoxy) is 2. The Balaban J connectivity index is 3.54. The predicted molar refractivity (Wildman–Crippen MR) is 51.4 cm³/mol. The van der Waals surface area contributed by atoms with Gasteiger partial charge in [-0.2, -0.15) is 0 Å². The smallest absolute Gasteiger partial charge is 0.166 e. The van der Waals surface area contributed by atoms with Crippen molar-refractivity contribution in [3.63, 3.8) is 0 Å². The average Bonchev–Trinajstić information content (AvgIpc) is 2.01. The molecule has 0 heterocycles. The molecule has 0 aromatic rings. The Bertz CT molecular complexity index is 127. The Morgan fingerprint density at radius 1 is 1.42 bits per heavy atom. The zero-order chi connectivity index (χ0) is 9.40. The second-order valence-electron chi connectivity index (χ2n) is 2.02. The summed E-state index contributed by atoms with van der Waals surface area (Å²) in [5.74, 6) is 0.580. The van der Waals surface area contributed by atoms with Gasteiger partial charge in [0.1, 0.15) is 0 Å². The average molecular weight is 192 g/mol. The molecule has 0 fully saturated rings. The lowest BCUT2D eigenvalue weighted by molar-refractivity contribution is -0.119. The van der Waals surface area contributed by atoms with Crippen LogP contribution in [0, 0.1) is 5.41 Å². The lowest BCUT2D eigenvalue weighted by Gasteiger charge is -2.15. The summed E-state index contributed by atoms with van der Waals surface area (Å²) in [6.45, 7) is 5.04. The van der Waals surface area contributed by atoms with Gasteiger partial charge in [0.15, 0.2) is 11.5 Å². The van der Waals surface area contributed by atoms with Gasteiger partial charge in [-0.05, 0) is 13.8 Å². The third-order valence-corrected chi connectivity index (χ3v) is 1.83. The lowest BCUT2D eigenvalue weighted by atomic mass is 10.7. The minimum absolute atomic E-state index is 0.0967. The first-order valence-corrected chi connectivity index (χ1v) is 4.89. The van der Waals surface area contributed by atoms with Gasteiger partial charge >= 0.3 is 0 Å². The van der Waals surface area contributed by atoms with Crippen LogP contribution in [0.15, 0.2) is 0 Å². The minimum atomic E-state index is -0.242. The molecule has 0 rings (SSSR count). The van der Waals surface area contributed by atoms with Crippen LogP contribution in [0.1, 0.15) is 13.8 Å². The van der Waals surface area contributed by atoms with Gasteiger partial charge in [-0.1, -0.05) is 11.8 Å². The molecule has 0 spiro atoms. The van der Waals surface area contributed by atoms with E-state index in [1.165, 1.54) is 11.8 Å².